The van der Waals surface area contributed by atoms with Gasteiger partial charge in [-0.15, -0.1) is 12.4 Å². The van der Waals surface area contributed by atoms with Crippen LogP contribution >= 0.6 is 12.4 Å². The summed E-state index contributed by atoms with van der Waals surface area (Å²) in [5.74, 6) is -0.959. The molecule has 1 aromatic carbocycles. The molecule has 1 amide bonds. The number of rotatable bonds is 4. The van der Waals surface area contributed by atoms with E-state index in [0.29, 0.717) is 12.1 Å². The Morgan fingerprint density at radius 1 is 1.27 bits per heavy atom. The molecule has 22 heavy (non-hydrogen) atoms. The van der Waals surface area contributed by atoms with Crippen LogP contribution in [-0.2, 0) is 10.2 Å². The lowest BCUT2D eigenvalue weighted by Gasteiger charge is -2.24. The number of hydrogen-bond acceptors (Lipinski definition) is 2. The minimum Gasteiger partial charge on any atom is -0.355 e. The summed E-state index contributed by atoms with van der Waals surface area (Å²) in [5, 5.41) is 6.20. The molecule has 2 aliphatic rings. The first-order valence-electron chi connectivity index (χ1n) is 7.55. The minimum atomic E-state index is -0.564. The van der Waals surface area contributed by atoms with Gasteiger partial charge in [0.15, 0.2) is 0 Å². The maximum Gasteiger partial charge on any atom is 0.223 e. The van der Waals surface area contributed by atoms with Gasteiger partial charge in [-0.2, -0.15) is 0 Å². The summed E-state index contributed by atoms with van der Waals surface area (Å²) in [7, 11) is 0. The number of carbonyl (C=O) groups excluding carboxylic acids is 1. The zero-order chi connectivity index (χ0) is 14.9. The second kappa shape index (κ2) is 6.92. The van der Waals surface area contributed by atoms with E-state index < -0.39 is 11.6 Å². The van der Waals surface area contributed by atoms with Crippen molar-refractivity contribution >= 4 is 18.3 Å². The number of halogens is 3. The molecule has 1 saturated carbocycles. The number of hydrogen-bond donors (Lipinski definition) is 2. The van der Waals surface area contributed by atoms with Gasteiger partial charge in [-0.3, -0.25) is 4.79 Å². The van der Waals surface area contributed by atoms with Gasteiger partial charge in [0.05, 0.1) is 0 Å². The number of amides is 1. The van der Waals surface area contributed by atoms with Gasteiger partial charge in [0, 0.05) is 23.9 Å². The predicted octanol–water partition coefficient (Wildman–Crippen LogP) is 2.53. The smallest absolute Gasteiger partial charge is 0.223 e. The van der Waals surface area contributed by atoms with Crippen molar-refractivity contribution in [3.05, 3.63) is 35.4 Å². The van der Waals surface area contributed by atoms with E-state index in [9.17, 15) is 13.6 Å². The van der Waals surface area contributed by atoms with Crippen molar-refractivity contribution in [2.45, 2.75) is 31.1 Å². The van der Waals surface area contributed by atoms with Crippen LogP contribution in [0.3, 0.4) is 0 Å². The fourth-order valence-corrected chi connectivity index (χ4v) is 3.10. The van der Waals surface area contributed by atoms with E-state index in [1.165, 1.54) is 12.1 Å². The van der Waals surface area contributed by atoms with Crippen molar-refractivity contribution < 1.29 is 13.6 Å². The Labute approximate surface area is 135 Å². The Bertz CT molecular complexity index is 543. The summed E-state index contributed by atoms with van der Waals surface area (Å²) in [6, 6.07) is 3.71. The normalized spacial score (nSPS) is 20.1. The average molecular weight is 331 g/mol. The zero-order valence-corrected chi connectivity index (χ0v) is 13.1. The number of benzene rings is 1. The average Bonchev–Trinajstić information content (AvgIpc) is 3.26. The minimum absolute atomic E-state index is 0. The standard InChI is InChI=1S/C16H20F2N2O.ClH/c17-12-1-2-13(14(18)9-12)16(5-6-16)10-20-15(21)11-3-7-19-8-4-11;/h1-2,9,11,19H,3-8,10H2,(H,20,21);1H. The molecule has 1 heterocycles. The fourth-order valence-electron chi connectivity index (χ4n) is 3.10. The Kier molecular flexibility index (Phi) is 5.40. The van der Waals surface area contributed by atoms with Crippen molar-refractivity contribution in [1.29, 1.82) is 0 Å². The second-order valence-corrected chi connectivity index (χ2v) is 6.15. The fraction of sp³-hybridized carbons (Fsp3) is 0.562. The van der Waals surface area contributed by atoms with Gasteiger partial charge in [0.1, 0.15) is 11.6 Å². The molecule has 6 heteroatoms. The molecular weight excluding hydrogens is 310 g/mol. The molecule has 0 bridgehead atoms. The van der Waals surface area contributed by atoms with E-state index in [-0.39, 0.29) is 29.6 Å². The van der Waals surface area contributed by atoms with E-state index in [2.05, 4.69) is 10.6 Å². The lowest BCUT2D eigenvalue weighted by Crippen LogP contribution is -2.41. The van der Waals surface area contributed by atoms with Crippen LogP contribution in [0, 0.1) is 17.6 Å². The molecule has 0 aromatic heterocycles. The van der Waals surface area contributed by atoms with E-state index in [1.54, 1.807) is 0 Å². The van der Waals surface area contributed by atoms with Gasteiger partial charge in [-0.05, 0) is 50.4 Å². The molecule has 0 atom stereocenters. The molecule has 1 saturated heterocycles. The first-order chi connectivity index (χ1) is 10.1. The summed E-state index contributed by atoms with van der Waals surface area (Å²) in [4.78, 5) is 12.2. The molecule has 122 valence electrons. The third-order valence-corrected chi connectivity index (χ3v) is 4.67. The lowest BCUT2D eigenvalue weighted by molar-refractivity contribution is -0.125. The molecule has 2 fully saturated rings. The van der Waals surface area contributed by atoms with Gasteiger partial charge >= 0.3 is 0 Å². The van der Waals surface area contributed by atoms with Crippen LogP contribution in [0.4, 0.5) is 8.78 Å². The van der Waals surface area contributed by atoms with Crippen LogP contribution in [0.5, 0.6) is 0 Å². The van der Waals surface area contributed by atoms with Crippen molar-refractivity contribution in [3.8, 4) is 0 Å². The van der Waals surface area contributed by atoms with Crippen LogP contribution in [0.15, 0.2) is 18.2 Å². The summed E-state index contributed by atoms with van der Waals surface area (Å²) >= 11 is 0. The molecular formula is C16H21ClF2N2O. The second-order valence-electron chi connectivity index (χ2n) is 6.15. The molecule has 1 aliphatic heterocycles. The predicted molar refractivity (Wildman–Crippen MR) is 83.1 cm³/mol. The van der Waals surface area contributed by atoms with Crippen LogP contribution in [0.25, 0.3) is 0 Å². The highest BCUT2D eigenvalue weighted by Gasteiger charge is 2.46. The third kappa shape index (κ3) is 3.58. The van der Waals surface area contributed by atoms with E-state index in [1.807, 2.05) is 0 Å². The monoisotopic (exact) mass is 330 g/mol. The highest BCUT2D eigenvalue weighted by Crippen LogP contribution is 2.48. The van der Waals surface area contributed by atoms with Crippen LogP contribution in [-0.4, -0.2) is 25.5 Å². The summed E-state index contributed by atoms with van der Waals surface area (Å²) < 4.78 is 26.9. The zero-order valence-electron chi connectivity index (χ0n) is 12.3. The SMILES string of the molecule is Cl.O=C(NCC1(c2ccc(F)cc2F)CC1)C1CCNCC1. The molecule has 1 aromatic rings. The summed E-state index contributed by atoms with van der Waals surface area (Å²) in [6.07, 6.45) is 3.37. The number of nitrogens with one attached hydrogen (secondary N) is 2. The van der Waals surface area contributed by atoms with Crippen LogP contribution < -0.4 is 10.6 Å². The van der Waals surface area contributed by atoms with E-state index in [0.717, 1.165) is 44.8 Å². The molecule has 0 unspecified atom stereocenters. The molecule has 2 N–H and O–H groups in total. The summed E-state index contributed by atoms with van der Waals surface area (Å²) in [6.45, 7) is 2.18. The largest absolute Gasteiger partial charge is 0.355 e. The van der Waals surface area contributed by atoms with Crippen LogP contribution in [0.2, 0.25) is 0 Å². The number of piperidine rings is 1. The Morgan fingerprint density at radius 2 is 1.95 bits per heavy atom. The first kappa shape index (κ1) is 17.2. The van der Waals surface area contributed by atoms with Gasteiger partial charge in [-0.25, -0.2) is 8.78 Å². The molecule has 3 nitrogen and oxygen atoms in total. The third-order valence-electron chi connectivity index (χ3n) is 4.67. The quantitative estimate of drug-likeness (QED) is 0.890. The Hall–Kier alpha value is -1.20. The van der Waals surface area contributed by atoms with Gasteiger partial charge < -0.3 is 10.6 Å². The maximum absolute atomic E-state index is 13.9. The van der Waals surface area contributed by atoms with E-state index in [4.69, 9.17) is 0 Å². The molecule has 3 rings (SSSR count). The van der Waals surface area contributed by atoms with E-state index >= 15 is 0 Å². The van der Waals surface area contributed by atoms with Crippen molar-refractivity contribution in [3.63, 3.8) is 0 Å². The molecule has 0 spiro atoms. The van der Waals surface area contributed by atoms with Crippen LogP contribution in [0.1, 0.15) is 31.2 Å². The van der Waals surface area contributed by atoms with Crippen molar-refractivity contribution in [2.24, 2.45) is 5.92 Å². The Morgan fingerprint density at radius 3 is 2.55 bits per heavy atom. The van der Waals surface area contributed by atoms with Gasteiger partial charge in [0.2, 0.25) is 5.91 Å². The number of carbonyl (C=O) groups is 1. The topological polar surface area (TPSA) is 41.1 Å². The summed E-state index contributed by atoms with van der Waals surface area (Å²) in [5.41, 5.74) is 0.190. The van der Waals surface area contributed by atoms with Crippen molar-refractivity contribution in [2.75, 3.05) is 19.6 Å². The maximum atomic E-state index is 13.9. The highest BCUT2D eigenvalue weighted by atomic mass is 35.5. The van der Waals surface area contributed by atoms with Crippen molar-refractivity contribution in [1.82, 2.24) is 10.6 Å². The molecule has 0 radical (unpaired) electrons. The Balaban J connectivity index is 0.00000176. The highest BCUT2D eigenvalue weighted by molar-refractivity contribution is 5.85. The first-order valence-corrected chi connectivity index (χ1v) is 7.55. The molecule has 1 aliphatic carbocycles. The lowest BCUT2D eigenvalue weighted by atomic mass is 9.93. The van der Waals surface area contributed by atoms with Gasteiger partial charge in [-0.1, -0.05) is 6.07 Å². The van der Waals surface area contributed by atoms with Gasteiger partial charge in [0.25, 0.3) is 0 Å².